The lowest BCUT2D eigenvalue weighted by Gasteiger charge is -2.28. The number of carbonyl (C=O) groups is 1. The molecule has 0 aliphatic carbocycles. The molecule has 1 aliphatic heterocycles. The Bertz CT molecular complexity index is 834. The van der Waals surface area contributed by atoms with Gasteiger partial charge < -0.3 is 9.73 Å². The fraction of sp³-hybridized carbons (Fsp3) is 0.500. The van der Waals surface area contributed by atoms with E-state index in [1.807, 2.05) is 0 Å². The molecule has 8 nitrogen and oxygen atoms in total. The third-order valence-corrected chi connectivity index (χ3v) is 6.20. The summed E-state index contributed by atoms with van der Waals surface area (Å²) < 4.78 is 33.8. The maximum Gasteiger partial charge on any atom is 0.263 e. The zero-order chi connectivity index (χ0) is 18.0. The summed E-state index contributed by atoms with van der Waals surface area (Å²) in [6, 6.07) is 3.45. The van der Waals surface area contributed by atoms with Crippen LogP contribution in [0.25, 0.3) is 0 Å². The van der Waals surface area contributed by atoms with Crippen LogP contribution in [0.1, 0.15) is 35.9 Å². The molecule has 9 heteroatoms. The van der Waals surface area contributed by atoms with E-state index in [0.717, 1.165) is 12.8 Å². The van der Waals surface area contributed by atoms with Crippen molar-refractivity contribution in [1.29, 1.82) is 0 Å². The number of rotatable bonds is 5. The number of nitrogens with zero attached hydrogens (tertiary/aromatic N) is 3. The Morgan fingerprint density at radius 3 is 2.76 bits per heavy atom. The zero-order valence-corrected chi connectivity index (χ0v) is 15.1. The topological polar surface area (TPSA) is 97.4 Å². The van der Waals surface area contributed by atoms with Crippen molar-refractivity contribution in [2.75, 3.05) is 13.1 Å². The van der Waals surface area contributed by atoms with E-state index in [-0.39, 0.29) is 17.1 Å². The van der Waals surface area contributed by atoms with Gasteiger partial charge in [0, 0.05) is 26.3 Å². The average molecular weight is 366 g/mol. The van der Waals surface area contributed by atoms with Gasteiger partial charge in [0.05, 0.1) is 18.4 Å². The van der Waals surface area contributed by atoms with Crippen molar-refractivity contribution in [2.45, 2.75) is 31.3 Å². The molecule has 1 saturated heterocycles. The lowest BCUT2D eigenvalue weighted by Crippen LogP contribution is -2.39. The monoisotopic (exact) mass is 366 g/mol. The lowest BCUT2D eigenvalue weighted by atomic mass is 10.0. The molecule has 0 spiro atoms. The molecule has 0 atom stereocenters. The molecule has 3 heterocycles. The summed E-state index contributed by atoms with van der Waals surface area (Å²) in [4.78, 5) is 12.5. The lowest BCUT2D eigenvalue weighted by molar-refractivity contribution is 0.0944. The molecule has 1 aliphatic rings. The number of sulfonamides is 1. The van der Waals surface area contributed by atoms with Crippen LogP contribution in [0.2, 0.25) is 0 Å². The third kappa shape index (κ3) is 3.77. The smallest absolute Gasteiger partial charge is 0.263 e. The first-order valence-electron chi connectivity index (χ1n) is 8.22. The number of aryl methyl sites for hydroxylation is 1. The molecule has 1 fully saturated rings. The molecule has 0 aromatic carbocycles. The number of furan rings is 1. The van der Waals surface area contributed by atoms with Gasteiger partial charge in [0.15, 0.2) is 0 Å². The van der Waals surface area contributed by atoms with E-state index in [9.17, 15) is 13.2 Å². The quantitative estimate of drug-likeness (QED) is 0.862. The molecule has 136 valence electrons. The Balaban J connectivity index is 1.81. The van der Waals surface area contributed by atoms with Gasteiger partial charge in [0.25, 0.3) is 15.9 Å². The van der Waals surface area contributed by atoms with Crippen LogP contribution < -0.4 is 5.32 Å². The summed E-state index contributed by atoms with van der Waals surface area (Å²) in [6.07, 6.45) is 4.56. The minimum atomic E-state index is -3.80. The molecule has 3 rings (SSSR count). The first-order chi connectivity index (χ1) is 11.9. The van der Waals surface area contributed by atoms with Crippen LogP contribution in [0.3, 0.4) is 0 Å². The van der Waals surface area contributed by atoms with Crippen molar-refractivity contribution in [3.05, 3.63) is 35.9 Å². The van der Waals surface area contributed by atoms with Gasteiger partial charge in [0.1, 0.15) is 5.76 Å². The largest absolute Gasteiger partial charge is 0.467 e. The minimum absolute atomic E-state index is 0.0488. The number of aromatic nitrogens is 2. The van der Waals surface area contributed by atoms with Crippen molar-refractivity contribution >= 4 is 15.9 Å². The van der Waals surface area contributed by atoms with Gasteiger partial charge in [-0.05, 0) is 30.9 Å². The molecule has 0 saturated carbocycles. The molecule has 0 unspecified atom stereocenters. The maximum absolute atomic E-state index is 12.9. The Kier molecular flexibility index (Phi) is 4.96. The van der Waals surface area contributed by atoms with Gasteiger partial charge in [0.2, 0.25) is 5.03 Å². The summed E-state index contributed by atoms with van der Waals surface area (Å²) in [5.74, 6) is 0.603. The number of hydrogen-bond donors (Lipinski definition) is 1. The Hall–Kier alpha value is -2.13. The van der Waals surface area contributed by atoms with Gasteiger partial charge in [-0.2, -0.15) is 9.40 Å². The minimum Gasteiger partial charge on any atom is -0.467 e. The number of amides is 1. The van der Waals surface area contributed by atoms with Crippen molar-refractivity contribution in [1.82, 2.24) is 19.4 Å². The van der Waals surface area contributed by atoms with Crippen LogP contribution in [0.4, 0.5) is 0 Å². The van der Waals surface area contributed by atoms with E-state index < -0.39 is 15.9 Å². The SMILES string of the molecule is CC1CCN(S(=O)(=O)c2nn(C)cc2C(=O)NCc2ccco2)CC1. The van der Waals surface area contributed by atoms with Crippen LogP contribution in [-0.2, 0) is 23.6 Å². The van der Waals surface area contributed by atoms with Gasteiger partial charge in [-0.15, -0.1) is 0 Å². The van der Waals surface area contributed by atoms with Gasteiger partial charge >= 0.3 is 0 Å². The number of carbonyl (C=O) groups excluding carboxylic acids is 1. The molecule has 0 bridgehead atoms. The van der Waals surface area contributed by atoms with Gasteiger partial charge in [-0.3, -0.25) is 9.48 Å². The molecule has 1 N–H and O–H groups in total. The fourth-order valence-corrected chi connectivity index (χ4v) is 4.43. The predicted molar refractivity (Wildman–Crippen MR) is 90.2 cm³/mol. The highest BCUT2D eigenvalue weighted by Crippen LogP contribution is 2.24. The molecule has 25 heavy (non-hydrogen) atoms. The second-order valence-corrected chi connectivity index (χ2v) is 8.22. The van der Waals surface area contributed by atoms with E-state index in [4.69, 9.17) is 4.42 Å². The van der Waals surface area contributed by atoms with E-state index in [0.29, 0.717) is 24.8 Å². The van der Waals surface area contributed by atoms with Crippen molar-refractivity contribution in [3.63, 3.8) is 0 Å². The van der Waals surface area contributed by atoms with Gasteiger partial charge in [-0.1, -0.05) is 6.92 Å². The fourth-order valence-electron chi connectivity index (χ4n) is 2.84. The number of hydrogen-bond acceptors (Lipinski definition) is 5. The predicted octanol–water partition coefficient (Wildman–Crippen LogP) is 1.36. The maximum atomic E-state index is 12.9. The van der Waals surface area contributed by atoms with E-state index in [1.165, 1.54) is 21.4 Å². The standard InChI is InChI=1S/C16H22N4O4S/c1-12-5-7-20(8-6-12)25(22,23)16-14(11-19(2)18-16)15(21)17-10-13-4-3-9-24-13/h3-4,9,11-12H,5-8,10H2,1-2H3,(H,17,21). The molecular formula is C16H22N4O4S. The summed E-state index contributed by atoms with van der Waals surface area (Å²) >= 11 is 0. The summed E-state index contributed by atoms with van der Waals surface area (Å²) in [6.45, 7) is 3.20. The summed E-state index contributed by atoms with van der Waals surface area (Å²) in [5.41, 5.74) is 0.0488. The molecule has 1 amide bonds. The van der Waals surface area contributed by atoms with Crippen LogP contribution in [0.5, 0.6) is 0 Å². The van der Waals surface area contributed by atoms with E-state index in [1.54, 1.807) is 19.2 Å². The second kappa shape index (κ2) is 7.01. The zero-order valence-electron chi connectivity index (χ0n) is 14.3. The molecule has 2 aromatic heterocycles. The highest BCUT2D eigenvalue weighted by molar-refractivity contribution is 7.89. The first-order valence-corrected chi connectivity index (χ1v) is 9.66. The van der Waals surface area contributed by atoms with Crippen molar-refractivity contribution in [2.24, 2.45) is 13.0 Å². The molecule has 0 radical (unpaired) electrons. The summed E-state index contributed by atoms with van der Waals surface area (Å²) in [7, 11) is -2.20. The third-order valence-electron chi connectivity index (χ3n) is 4.37. The van der Waals surface area contributed by atoms with E-state index in [2.05, 4.69) is 17.3 Å². The molecule has 2 aromatic rings. The van der Waals surface area contributed by atoms with Gasteiger partial charge in [-0.25, -0.2) is 8.42 Å². The van der Waals surface area contributed by atoms with Crippen molar-refractivity contribution < 1.29 is 17.6 Å². The average Bonchev–Trinajstić information content (AvgIpc) is 3.22. The van der Waals surface area contributed by atoms with Crippen LogP contribution in [0.15, 0.2) is 34.0 Å². The van der Waals surface area contributed by atoms with Crippen LogP contribution in [0, 0.1) is 5.92 Å². The second-order valence-electron chi connectivity index (χ2n) is 6.37. The Morgan fingerprint density at radius 2 is 2.12 bits per heavy atom. The first kappa shape index (κ1) is 17.7. The highest BCUT2D eigenvalue weighted by atomic mass is 32.2. The highest BCUT2D eigenvalue weighted by Gasteiger charge is 2.34. The number of nitrogens with one attached hydrogen (secondary N) is 1. The van der Waals surface area contributed by atoms with Crippen LogP contribution >= 0.6 is 0 Å². The number of piperidine rings is 1. The Morgan fingerprint density at radius 1 is 1.40 bits per heavy atom. The van der Waals surface area contributed by atoms with Crippen LogP contribution in [-0.4, -0.2) is 41.5 Å². The normalized spacial score (nSPS) is 16.9. The van der Waals surface area contributed by atoms with Crippen molar-refractivity contribution in [3.8, 4) is 0 Å². The molecular weight excluding hydrogens is 344 g/mol. The van der Waals surface area contributed by atoms with E-state index >= 15 is 0 Å². The summed E-state index contributed by atoms with van der Waals surface area (Å²) in [5, 5.41) is 6.52. The Labute approximate surface area is 146 Å².